The molecule has 0 aromatic heterocycles. The number of nitrogens with two attached hydrogens (primary N) is 1. The van der Waals surface area contributed by atoms with Gasteiger partial charge >= 0.3 is 0 Å². The molecule has 0 aliphatic rings. The van der Waals surface area contributed by atoms with Gasteiger partial charge in [-0.05, 0) is 24.1 Å². The summed E-state index contributed by atoms with van der Waals surface area (Å²) in [5.74, 6) is -0.580. The van der Waals surface area contributed by atoms with Crippen molar-refractivity contribution in [1.82, 2.24) is 0 Å². The third kappa shape index (κ3) is 2.27. The summed E-state index contributed by atoms with van der Waals surface area (Å²) in [4.78, 5) is 0. The number of alkyl halides is 1. The molecule has 1 aromatic rings. The number of nitriles is 1. The molecule has 1 rings (SSSR count). The topological polar surface area (TPSA) is 49.8 Å². The highest BCUT2D eigenvalue weighted by molar-refractivity contribution is 5.35. The number of hydrogen-bond acceptors (Lipinski definition) is 2. The molecular formula is C10H10F2N2. The lowest BCUT2D eigenvalue weighted by molar-refractivity contribution is 0.441. The second kappa shape index (κ2) is 4.68. The number of nitrogens with zero attached hydrogens (tertiary/aromatic N) is 1. The van der Waals surface area contributed by atoms with Gasteiger partial charge in [-0.15, -0.1) is 0 Å². The van der Waals surface area contributed by atoms with E-state index in [1.54, 1.807) is 6.07 Å². The molecule has 4 heteroatoms. The first-order chi connectivity index (χ1) is 6.69. The Morgan fingerprint density at radius 2 is 2.21 bits per heavy atom. The summed E-state index contributed by atoms with van der Waals surface area (Å²) in [6, 6.07) is 5.23. The van der Waals surface area contributed by atoms with Crippen molar-refractivity contribution in [3.8, 4) is 6.07 Å². The van der Waals surface area contributed by atoms with E-state index >= 15 is 0 Å². The Bertz CT molecular complexity index is 358. The van der Waals surface area contributed by atoms with Gasteiger partial charge in [0.15, 0.2) is 0 Å². The first kappa shape index (κ1) is 10.6. The number of hydrogen-bond donors (Lipinski definition) is 1. The van der Waals surface area contributed by atoms with Crippen molar-refractivity contribution in [2.45, 2.75) is 12.5 Å². The van der Waals surface area contributed by atoms with Gasteiger partial charge in [-0.25, -0.2) is 4.39 Å². The van der Waals surface area contributed by atoms with E-state index < -0.39 is 18.5 Å². The molecule has 0 aliphatic heterocycles. The second-order valence-corrected chi connectivity index (χ2v) is 2.94. The third-order valence-corrected chi connectivity index (χ3v) is 1.96. The molecule has 0 amide bonds. The molecule has 74 valence electrons. The Kier molecular flexibility index (Phi) is 3.55. The Labute approximate surface area is 81.0 Å². The Hall–Kier alpha value is -1.47. The van der Waals surface area contributed by atoms with Crippen LogP contribution in [0.15, 0.2) is 18.2 Å². The highest BCUT2D eigenvalue weighted by Gasteiger charge is 2.08. The lowest BCUT2D eigenvalue weighted by Gasteiger charge is -2.09. The zero-order chi connectivity index (χ0) is 10.6. The van der Waals surface area contributed by atoms with Gasteiger partial charge in [-0.1, -0.05) is 6.07 Å². The largest absolute Gasteiger partial charge is 0.324 e. The fraction of sp³-hybridized carbons (Fsp3) is 0.300. The van der Waals surface area contributed by atoms with E-state index in [1.165, 1.54) is 18.2 Å². The molecule has 0 saturated heterocycles. The van der Waals surface area contributed by atoms with Crippen LogP contribution in [0.3, 0.4) is 0 Å². The van der Waals surface area contributed by atoms with Crippen molar-refractivity contribution in [3.05, 3.63) is 35.1 Å². The van der Waals surface area contributed by atoms with Gasteiger partial charge in [0.2, 0.25) is 0 Å². The van der Waals surface area contributed by atoms with Crippen LogP contribution in [0.4, 0.5) is 8.78 Å². The molecule has 14 heavy (non-hydrogen) atoms. The minimum atomic E-state index is -0.580. The Morgan fingerprint density at radius 1 is 1.50 bits per heavy atom. The number of rotatable bonds is 3. The van der Waals surface area contributed by atoms with Crippen molar-refractivity contribution in [2.75, 3.05) is 6.67 Å². The molecule has 0 fully saturated rings. The van der Waals surface area contributed by atoms with E-state index in [9.17, 15) is 8.78 Å². The van der Waals surface area contributed by atoms with Crippen LogP contribution in [-0.2, 0) is 0 Å². The van der Waals surface area contributed by atoms with Gasteiger partial charge in [0.1, 0.15) is 11.9 Å². The maximum atomic E-state index is 12.9. The van der Waals surface area contributed by atoms with Crippen LogP contribution in [0.1, 0.15) is 23.6 Å². The summed E-state index contributed by atoms with van der Waals surface area (Å²) in [5.41, 5.74) is 6.13. The van der Waals surface area contributed by atoms with E-state index in [4.69, 9.17) is 11.0 Å². The van der Waals surface area contributed by atoms with Crippen molar-refractivity contribution in [2.24, 2.45) is 5.73 Å². The maximum Gasteiger partial charge on any atom is 0.140 e. The van der Waals surface area contributed by atoms with Gasteiger partial charge < -0.3 is 5.73 Å². The zero-order valence-electron chi connectivity index (χ0n) is 7.50. The molecule has 0 aliphatic carbocycles. The molecule has 0 radical (unpaired) electrons. The summed E-state index contributed by atoms with van der Waals surface area (Å²) in [6.07, 6.45) is 0.177. The van der Waals surface area contributed by atoms with Crippen molar-refractivity contribution in [1.29, 1.82) is 5.26 Å². The Morgan fingerprint density at radius 3 is 2.79 bits per heavy atom. The zero-order valence-corrected chi connectivity index (χ0v) is 7.50. The number of halogens is 2. The van der Waals surface area contributed by atoms with Crippen molar-refractivity contribution in [3.63, 3.8) is 0 Å². The summed E-state index contributed by atoms with van der Waals surface area (Å²) in [7, 11) is 0. The predicted octanol–water partition coefficient (Wildman–Crippen LogP) is 2.06. The highest BCUT2D eigenvalue weighted by atomic mass is 19.1. The summed E-state index contributed by atoms with van der Waals surface area (Å²) < 4.78 is 24.9. The molecule has 0 heterocycles. The fourth-order valence-corrected chi connectivity index (χ4v) is 1.14. The lowest BCUT2D eigenvalue weighted by Crippen LogP contribution is -2.11. The Balaban J connectivity index is 2.95. The molecule has 0 spiro atoms. The molecule has 2 nitrogen and oxygen atoms in total. The average molecular weight is 196 g/mol. The van der Waals surface area contributed by atoms with Crippen molar-refractivity contribution >= 4 is 0 Å². The minimum Gasteiger partial charge on any atom is -0.324 e. The van der Waals surface area contributed by atoms with Gasteiger partial charge in [0.05, 0.1) is 12.2 Å². The van der Waals surface area contributed by atoms with Crippen LogP contribution in [0.5, 0.6) is 0 Å². The van der Waals surface area contributed by atoms with E-state index in [1.807, 2.05) is 0 Å². The second-order valence-electron chi connectivity index (χ2n) is 2.94. The smallest absolute Gasteiger partial charge is 0.140 e. The maximum absolute atomic E-state index is 12.9. The van der Waals surface area contributed by atoms with E-state index in [2.05, 4.69) is 0 Å². The van der Waals surface area contributed by atoms with Crippen LogP contribution < -0.4 is 5.73 Å². The van der Waals surface area contributed by atoms with Gasteiger partial charge in [-0.3, -0.25) is 4.39 Å². The molecule has 1 aromatic carbocycles. The monoisotopic (exact) mass is 196 g/mol. The van der Waals surface area contributed by atoms with Crippen LogP contribution in [0, 0.1) is 17.1 Å². The first-order valence-electron chi connectivity index (χ1n) is 4.20. The molecular weight excluding hydrogens is 186 g/mol. The molecule has 1 atom stereocenters. The quantitative estimate of drug-likeness (QED) is 0.804. The molecule has 0 unspecified atom stereocenters. The third-order valence-electron chi connectivity index (χ3n) is 1.96. The van der Waals surface area contributed by atoms with Crippen LogP contribution in [-0.4, -0.2) is 6.67 Å². The van der Waals surface area contributed by atoms with Crippen molar-refractivity contribution < 1.29 is 8.78 Å². The minimum absolute atomic E-state index is 0.0585. The highest BCUT2D eigenvalue weighted by Crippen LogP contribution is 2.17. The standard InChI is InChI=1S/C10H10F2N2/c11-4-3-10(14)7-1-2-9(12)8(5-7)6-13/h1-2,5,10H,3-4,14H2/t10-/m1/s1. The van der Waals surface area contributed by atoms with Crippen LogP contribution in [0.25, 0.3) is 0 Å². The molecule has 2 N–H and O–H groups in total. The van der Waals surface area contributed by atoms with E-state index in [0.717, 1.165) is 0 Å². The molecule has 0 bridgehead atoms. The van der Waals surface area contributed by atoms with Gasteiger partial charge in [0.25, 0.3) is 0 Å². The SMILES string of the molecule is N#Cc1cc([C@H](N)CCF)ccc1F. The predicted molar refractivity (Wildman–Crippen MR) is 48.6 cm³/mol. The van der Waals surface area contributed by atoms with Crippen LogP contribution >= 0.6 is 0 Å². The van der Waals surface area contributed by atoms with E-state index in [-0.39, 0.29) is 12.0 Å². The van der Waals surface area contributed by atoms with E-state index in [0.29, 0.717) is 5.56 Å². The average Bonchev–Trinajstić information content (AvgIpc) is 2.19. The van der Waals surface area contributed by atoms with Gasteiger partial charge in [0, 0.05) is 6.04 Å². The number of benzene rings is 1. The summed E-state index contributed by atoms with van der Waals surface area (Å²) in [6.45, 7) is -0.527. The first-order valence-corrected chi connectivity index (χ1v) is 4.20. The summed E-state index contributed by atoms with van der Waals surface area (Å²) >= 11 is 0. The lowest BCUT2D eigenvalue weighted by atomic mass is 10.0. The molecule has 0 saturated carbocycles. The normalized spacial score (nSPS) is 12.1. The van der Waals surface area contributed by atoms with Gasteiger partial charge in [-0.2, -0.15) is 5.26 Å². The fourth-order valence-electron chi connectivity index (χ4n) is 1.14. The van der Waals surface area contributed by atoms with Crippen LogP contribution in [0.2, 0.25) is 0 Å². The summed E-state index contributed by atoms with van der Waals surface area (Å²) in [5, 5.41) is 8.55.